The molecule has 1 heterocycles. The molecular formula is C15H17N3O3. The first kappa shape index (κ1) is 14.8. The number of nitrogens with zero attached hydrogens (tertiary/aromatic N) is 2. The van der Waals surface area contributed by atoms with Crippen molar-refractivity contribution in [3.8, 4) is 11.5 Å². The first-order valence-corrected chi connectivity index (χ1v) is 6.52. The van der Waals surface area contributed by atoms with E-state index in [4.69, 9.17) is 9.47 Å². The first-order valence-electron chi connectivity index (χ1n) is 6.52. The van der Waals surface area contributed by atoms with E-state index in [1.807, 2.05) is 6.92 Å². The van der Waals surface area contributed by atoms with E-state index in [0.29, 0.717) is 22.9 Å². The Morgan fingerprint density at radius 3 is 2.57 bits per heavy atom. The molecule has 0 saturated carbocycles. The molecule has 1 aromatic carbocycles. The van der Waals surface area contributed by atoms with Crippen LogP contribution in [0.1, 0.15) is 23.1 Å². The first-order chi connectivity index (χ1) is 10.2. The summed E-state index contributed by atoms with van der Waals surface area (Å²) in [6.45, 7) is 1.97. The molecule has 0 fully saturated rings. The Labute approximate surface area is 123 Å². The van der Waals surface area contributed by atoms with Crippen molar-refractivity contribution >= 4 is 11.6 Å². The largest absolute Gasteiger partial charge is 0.493 e. The van der Waals surface area contributed by atoms with Crippen LogP contribution in [0, 0.1) is 0 Å². The van der Waals surface area contributed by atoms with Crippen molar-refractivity contribution in [3.05, 3.63) is 42.0 Å². The molecule has 0 saturated heterocycles. The summed E-state index contributed by atoms with van der Waals surface area (Å²) in [4.78, 5) is 20.2. The molecule has 0 bridgehead atoms. The van der Waals surface area contributed by atoms with Gasteiger partial charge in [-0.15, -0.1) is 0 Å². The van der Waals surface area contributed by atoms with Crippen molar-refractivity contribution in [3.63, 3.8) is 0 Å². The van der Waals surface area contributed by atoms with Gasteiger partial charge in [0.1, 0.15) is 12.0 Å². The molecule has 0 atom stereocenters. The molecule has 1 aromatic heterocycles. The maximum Gasteiger partial charge on any atom is 0.274 e. The van der Waals surface area contributed by atoms with E-state index in [0.717, 1.165) is 12.1 Å². The van der Waals surface area contributed by atoms with Crippen LogP contribution in [0.3, 0.4) is 0 Å². The molecule has 21 heavy (non-hydrogen) atoms. The van der Waals surface area contributed by atoms with Gasteiger partial charge in [-0.3, -0.25) is 4.79 Å². The number of nitrogens with one attached hydrogen (secondary N) is 1. The molecule has 2 rings (SSSR count). The highest BCUT2D eigenvalue weighted by Crippen LogP contribution is 2.29. The number of ether oxygens (including phenoxy) is 2. The number of benzene rings is 1. The van der Waals surface area contributed by atoms with Crippen molar-refractivity contribution in [1.29, 1.82) is 0 Å². The lowest BCUT2D eigenvalue weighted by molar-refractivity contribution is 0.102. The summed E-state index contributed by atoms with van der Waals surface area (Å²) in [7, 11) is 3.10. The summed E-state index contributed by atoms with van der Waals surface area (Å²) >= 11 is 0. The van der Waals surface area contributed by atoms with Crippen LogP contribution in [0.25, 0.3) is 0 Å². The van der Waals surface area contributed by atoms with E-state index in [1.54, 1.807) is 38.5 Å². The third-order valence-electron chi connectivity index (χ3n) is 2.96. The van der Waals surface area contributed by atoms with Crippen LogP contribution in [0.2, 0.25) is 0 Å². The van der Waals surface area contributed by atoms with Crippen molar-refractivity contribution < 1.29 is 14.3 Å². The van der Waals surface area contributed by atoms with E-state index in [9.17, 15) is 4.79 Å². The molecule has 6 heteroatoms. The van der Waals surface area contributed by atoms with Crippen molar-refractivity contribution in [2.24, 2.45) is 0 Å². The summed E-state index contributed by atoms with van der Waals surface area (Å²) < 4.78 is 10.4. The zero-order valence-corrected chi connectivity index (χ0v) is 12.2. The molecule has 2 aromatic rings. The number of hydrogen-bond donors (Lipinski definition) is 1. The van der Waals surface area contributed by atoms with Gasteiger partial charge in [0.2, 0.25) is 0 Å². The van der Waals surface area contributed by atoms with E-state index in [2.05, 4.69) is 15.3 Å². The number of amides is 1. The zero-order chi connectivity index (χ0) is 15.2. The number of aromatic nitrogens is 2. The lowest BCUT2D eigenvalue weighted by Gasteiger charge is -2.10. The Morgan fingerprint density at radius 1 is 1.14 bits per heavy atom. The monoisotopic (exact) mass is 287 g/mol. The molecule has 0 spiro atoms. The molecular weight excluding hydrogens is 270 g/mol. The number of carbonyl (C=O) groups is 1. The highest BCUT2D eigenvalue weighted by atomic mass is 16.5. The number of anilines is 1. The fourth-order valence-corrected chi connectivity index (χ4v) is 1.82. The maximum absolute atomic E-state index is 12.2. The minimum atomic E-state index is -0.292. The third-order valence-corrected chi connectivity index (χ3v) is 2.96. The Hall–Kier alpha value is -2.63. The van der Waals surface area contributed by atoms with Gasteiger partial charge >= 0.3 is 0 Å². The predicted octanol–water partition coefficient (Wildman–Crippen LogP) is 2.31. The minimum absolute atomic E-state index is 0.292. The number of methoxy groups -OCH3 is 2. The molecule has 1 N–H and O–H groups in total. The van der Waals surface area contributed by atoms with Gasteiger partial charge < -0.3 is 14.8 Å². The third kappa shape index (κ3) is 3.47. The molecule has 0 radical (unpaired) electrons. The summed E-state index contributed by atoms with van der Waals surface area (Å²) in [6.07, 6.45) is 2.14. The maximum atomic E-state index is 12.2. The molecule has 1 amide bonds. The van der Waals surface area contributed by atoms with Crippen LogP contribution in [-0.4, -0.2) is 30.1 Å². The van der Waals surface area contributed by atoms with Crippen LogP contribution >= 0.6 is 0 Å². The molecule has 0 aliphatic carbocycles. The Morgan fingerprint density at radius 2 is 1.90 bits per heavy atom. The van der Waals surface area contributed by atoms with Crippen molar-refractivity contribution in [2.45, 2.75) is 13.3 Å². The predicted molar refractivity (Wildman–Crippen MR) is 78.9 cm³/mol. The SMILES string of the molecule is CCc1cc(C(=O)Nc2ccc(OC)c(OC)c2)ncn1. The van der Waals surface area contributed by atoms with Gasteiger partial charge in [0.15, 0.2) is 11.5 Å². The molecule has 0 aliphatic rings. The van der Waals surface area contributed by atoms with Gasteiger partial charge in [-0.2, -0.15) is 0 Å². The van der Waals surface area contributed by atoms with Crippen LogP contribution in [0.4, 0.5) is 5.69 Å². The average molecular weight is 287 g/mol. The van der Waals surface area contributed by atoms with E-state index < -0.39 is 0 Å². The molecule has 0 unspecified atom stereocenters. The number of carbonyl (C=O) groups excluding carboxylic acids is 1. The van der Waals surface area contributed by atoms with Gasteiger partial charge in [-0.1, -0.05) is 6.92 Å². The quantitative estimate of drug-likeness (QED) is 0.913. The Kier molecular flexibility index (Phi) is 4.71. The Bertz CT molecular complexity index is 644. The number of hydrogen-bond acceptors (Lipinski definition) is 5. The molecule has 0 aliphatic heterocycles. The standard InChI is InChI=1S/C15H17N3O3/c1-4-10-7-12(17-9-16-10)15(19)18-11-5-6-13(20-2)14(8-11)21-3/h5-9H,4H2,1-3H3,(H,18,19). The second-order valence-corrected chi connectivity index (χ2v) is 4.27. The van der Waals surface area contributed by atoms with Crippen LogP contribution in [0.15, 0.2) is 30.6 Å². The van der Waals surface area contributed by atoms with Gasteiger partial charge in [0, 0.05) is 17.4 Å². The minimum Gasteiger partial charge on any atom is -0.493 e. The second-order valence-electron chi connectivity index (χ2n) is 4.27. The average Bonchev–Trinajstić information content (AvgIpc) is 2.54. The van der Waals surface area contributed by atoms with Crippen LogP contribution in [-0.2, 0) is 6.42 Å². The fourth-order valence-electron chi connectivity index (χ4n) is 1.82. The lowest BCUT2D eigenvalue weighted by Crippen LogP contribution is -2.14. The normalized spacial score (nSPS) is 10.0. The van der Waals surface area contributed by atoms with Gasteiger partial charge in [0.25, 0.3) is 5.91 Å². The van der Waals surface area contributed by atoms with Gasteiger partial charge in [0.05, 0.1) is 14.2 Å². The van der Waals surface area contributed by atoms with Crippen molar-refractivity contribution in [1.82, 2.24) is 9.97 Å². The topological polar surface area (TPSA) is 73.3 Å². The zero-order valence-electron chi connectivity index (χ0n) is 12.2. The summed E-state index contributed by atoms with van der Waals surface area (Å²) in [5.41, 5.74) is 1.76. The van der Waals surface area contributed by atoms with Crippen LogP contribution < -0.4 is 14.8 Å². The number of aryl methyl sites for hydroxylation is 1. The summed E-state index contributed by atoms with van der Waals surface area (Å²) in [5, 5.41) is 2.77. The van der Waals surface area contributed by atoms with Crippen LogP contribution in [0.5, 0.6) is 11.5 Å². The second kappa shape index (κ2) is 6.69. The highest BCUT2D eigenvalue weighted by molar-refractivity contribution is 6.03. The van der Waals surface area contributed by atoms with E-state index in [-0.39, 0.29) is 5.91 Å². The van der Waals surface area contributed by atoms with E-state index >= 15 is 0 Å². The number of rotatable bonds is 5. The highest BCUT2D eigenvalue weighted by Gasteiger charge is 2.11. The molecule has 110 valence electrons. The lowest BCUT2D eigenvalue weighted by atomic mass is 10.2. The van der Waals surface area contributed by atoms with E-state index in [1.165, 1.54) is 6.33 Å². The Balaban J connectivity index is 2.19. The summed E-state index contributed by atoms with van der Waals surface area (Å²) in [5.74, 6) is 0.859. The van der Waals surface area contributed by atoms with Gasteiger partial charge in [-0.25, -0.2) is 9.97 Å². The molecule has 6 nitrogen and oxygen atoms in total. The van der Waals surface area contributed by atoms with Gasteiger partial charge in [-0.05, 0) is 24.6 Å². The smallest absolute Gasteiger partial charge is 0.274 e. The summed E-state index contributed by atoms with van der Waals surface area (Å²) in [6, 6.07) is 6.84. The van der Waals surface area contributed by atoms with Crippen molar-refractivity contribution in [2.75, 3.05) is 19.5 Å². The fraction of sp³-hybridized carbons (Fsp3) is 0.267.